The summed E-state index contributed by atoms with van der Waals surface area (Å²) in [5.41, 5.74) is 0.652. The Morgan fingerprint density at radius 1 is 0.971 bits per heavy atom. The summed E-state index contributed by atoms with van der Waals surface area (Å²) in [6.07, 6.45) is -5.84. The predicted octanol–water partition coefficient (Wildman–Crippen LogP) is 2.05. The Morgan fingerprint density at radius 3 is 2.11 bits per heavy atom. The maximum atomic E-state index is 12.4. The average Bonchev–Trinajstić information content (AvgIpc) is 3.18. The van der Waals surface area contributed by atoms with Gasteiger partial charge in [-0.05, 0) is 12.1 Å². The fourth-order valence-corrected chi connectivity index (χ4v) is 4.08. The number of nitrogens with zero attached hydrogens (tertiary/aromatic N) is 1. The fraction of sp³-hybridized carbons (Fsp3) is 0.522. The molecule has 1 aliphatic rings. The SMILES string of the molecule is CC(=O)OC[C@@H](OC(C)=O)[C@@H](OC(C)=O)[C@H](OC(C)=O)[C@@H]1CN(C(C)=O)[C@@H](c2cccc(Br)c2)O1. The standard InChI is InChI=1S/C23H28BrNO10/c1-12(26)25-10-19(35-23(25)17-7-6-8-18(24)9-17)21(33-15(4)29)22(34-16(5)30)20(32-14(3)28)11-31-13(2)27/h6-9,19-23H,10-11H2,1-5H3/t19-,20+,21+,22+,23+/m0/s1. The summed E-state index contributed by atoms with van der Waals surface area (Å²) < 4.78 is 28.0. The van der Waals surface area contributed by atoms with E-state index in [1.54, 1.807) is 18.2 Å². The van der Waals surface area contributed by atoms with Crippen molar-refractivity contribution in [2.45, 2.75) is 65.3 Å². The van der Waals surface area contributed by atoms with Gasteiger partial charge in [0.1, 0.15) is 12.7 Å². The lowest BCUT2D eigenvalue weighted by atomic mass is 10.0. The van der Waals surface area contributed by atoms with Crippen LogP contribution in [0, 0.1) is 0 Å². The second-order valence-electron chi connectivity index (χ2n) is 7.85. The minimum Gasteiger partial charge on any atom is -0.462 e. The van der Waals surface area contributed by atoms with Gasteiger partial charge >= 0.3 is 23.9 Å². The van der Waals surface area contributed by atoms with E-state index in [4.69, 9.17) is 23.7 Å². The lowest BCUT2D eigenvalue weighted by Crippen LogP contribution is -2.53. The highest BCUT2D eigenvalue weighted by Gasteiger charge is 2.48. The molecule has 192 valence electrons. The number of esters is 4. The van der Waals surface area contributed by atoms with Crippen molar-refractivity contribution in [2.24, 2.45) is 0 Å². The maximum absolute atomic E-state index is 12.4. The number of rotatable bonds is 9. The molecule has 0 radical (unpaired) electrons. The first-order valence-electron chi connectivity index (χ1n) is 10.7. The Bertz CT molecular complexity index is 967. The highest BCUT2D eigenvalue weighted by atomic mass is 79.9. The molecule has 35 heavy (non-hydrogen) atoms. The first-order valence-corrected chi connectivity index (χ1v) is 11.5. The molecule has 1 amide bonds. The van der Waals surface area contributed by atoms with Gasteiger partial charge < -0.3 is 28.6 Å². The van der Waals surface area contributed by atoms with Gasteiger partial charge in [0.2, 0.25) is 5.91 Å². The highest BCUT2D eigenvalue weighted by Crippen LogP contribution is 2.35. The topological polar surface area (TPSA) is 135 Å². The van der Waals surface area contributed by atoms with Crippen LogP contribution < -0.4 is 0 Å². The third kappa shape index (κ3) is 8.32. The zero-order valence-electron chi connectivity index (χ0n) is 20.0. The molecule has 12 heteroatoms. The second-order valence-corrected chi connectivity index (χ2v) is 8.77. The van der Waals surface area contributed by atoms with Gasteiger partial charge in [-0.15, -0.1) is 0 Å². The normalized spacial score (nSPS) is 19.8. The molecule has 0 aliphatic carbocycles. The van der Waals surface area contributed by atoms with Gasteiger partial charge in [-0.25, -0.2) is 0 Å². The van der Waals surface area contributed by atoms with Crippen LogP contribution in [0.4, 0.5) is 0 Å². The van der Waals surface area contributed by atoms with Gasteiger partial charge in [0, 0.05) is 44.7 Å². The average molecular weight is 558 g/mol. The number of carbonyl (C=O) groups is 5. The Morgan fingerprint density at radius 2 is 1.60 bits per heavy atom. The summed E-state index contributed by atoms with van der Waals surface area (Å²) in [5, 5.41) is 0. The zero-order valence-corrected chi connectivity index (χ0v) is 21.6. The molecule has 0 bridgehead atoms. The van der Waals surface area contributed by atoms with Crippen molar-refractivity contribution in [3.05, 3.63) is 34.3 Å². The number of hydrogen-bond acceptors (Lipinski definition) is 10. The summed E-state index contributed by atoms with van der Waals surface area (Å²) in [5.74, 6) is -3.21. The molecule has 1 fully saturated rings. The van der Waals surface area contributed by atoms with E-state index in [9.17, 15) is 24.0 Å². The molecule has 2 rings (SSSR count). The zero-order chi connectivity index (χ0) is 26.3. The molecular weight excluding hydrogens is 530 g/mol. The quantitative estimate of drug-likeness (QED) is 0.327. The van der Waals surface area contributed by atoms with Crippen LogP contribution >= 0.6 is 15.9 Å². The summed E-state index contributed by atoms with van der Waals surface area (Å²) in [6.45, 7) is 5.42. The van der Waals surface area contributed by atoms with E-state index in [1.807, 2.05) is 6.07 Å². The lowest BCUT2D eigenvalue weighted by Gasteiger charge is -2.34. The fourth-order valence-electron chi connectivity index (χ4n) is 3.67. The molecule has 0 aromatic heterocycles. The second kappa shape index (κ2) is 12.6. The number of hydrogen-bond donors (Lipinski definition) is 0. The Kier molecular flexibility index (Phi) is 10.2. The van der Waals surface area contributed by atoms with Crippen LogP contribution in [-0.4, -0.2) is 72.3 Å². The highest BCUT2D eigenvalue weighted by molar-refractivity contribution is 9.10. The molecule has 0 N–H and O–H groups in total. The third-order valence-corrected chi connectivity index (χ3v) is 5.42. The first kappa shape index (κ1) is 28.2. The molecule has 11 nitrogen and oxygen atoms in total. The van der Waals surface area contributed by atoms with Crippen molar-refractivity contribution >= 4 is 45.7 Å². The monoisotopic (exact) mass is 557 g/mol. The molecule has 1 aromatic rings. The van der Waals surface area contributed by atoms with E-state index >= 15 is 0 Å². The van der Waals surface area contributed by atoms with Crippen LogP contribution in [0.15, 0.2) is 28.7 Å². The molecule has 1 heterocycles. The van der Waals surface area contributed by atoms with E-state index in [2.05, 4.69) is 15.9 Å². The van der Waals surface area contributed by atoms with Crippen LogP contribution in [0.2, 0.25) is 0 Å². The molecular formula is C23H28BrNO10. The molecule has 0 unspecified atom stereocenters. The van der Waals surface area contributed by atoms with Crippen LogP contribution in [0.5, 0.6) is 0 Å². The van der Waals surface area contributed by atoms with Gasteiger partial charge in [-0.3, -0.25) is 24.0 Å². The van der Waals surface area contributed by atoms with E-state index in [1.165, 1.54) is 11.8 Å². The van der Waals surface area contributed by atoms with Crippen molar-refractivity contribution < 1.29 is 47.7 Å². The number of ether oxygens (including phenoxy) is 5. The molecule has 1 saturated heterocycles. The van der Waals surface area contributed by atoms with E-state index in [-0.39, 0.29) is 12.5 Å². The van der Waals surface area contributed by atoms with Gasteiger partial charge in [0.15, 0.2) is 24.5 Å². The van der Waals surface area contributed by atoms with Crippen molar-refractivity contribution in [1.29, 1.82) is 0 Å². The minimum atomic E-state index is -1.40. The first-order chi connectivity index (χ1) is 16.4. The lowest BCUT2D eigenvalue weighted by molar-refractivity contribution is -0.200. The smallest absolute Gasteiger partial charge is 0.303 e. The van der Waals surface area contributed by atoms with Crippen molar-refractivity contribution in [1.82, 2.24) is 4.90 Å². The van der Waals surface area contributed by atoms with Crippen molar-refractivity contribution in [2.75, 3.05) is 13.2 Å². The van der Waals surface area contributed by atoms with E-state index in [0.717, 1.165) is 32.2 Å². The Labute approximate surface area is 211 Å². The van der Waals surface area contributed by atoms with E-state index < -0.39 is 61.1 Å². The minimum absolute atomic E-state index is 0.0252. The van der Waals surface area contributed by atoms with Crippen LogP contribution in [0.1, 0.15) is 46.4 Å². The number of carbonyl (C=O) groups excluding carboxylic acids is 5. The maximum Gasteiger partial charge on any atom is 0.303 e. The summed E-state index contributed by atoms with van der Waals surface area (Å²) in [4.78, 5) is 61.0. The summed E-state index contributed by atoms with van der Waals surface area (Å²) >= 11 is 3.39. The van der Waals surface area contributed by atoms with Gasteiger partial charge in [-0.1, -0.05) is 28.1 Å². The molecule has 0 spiro atoms. The number of amides is 1. The van der Waals surface area contributed by atoms with E-state index in [0.29, 0.717) is 5.56 Å². The number of halogens is 1. The van der Waals surface area contributed by atoms with Crippen LogP contribution in [0.25, 0.3) is 0 Å². The number of benzene rings is 1. The van der Waals surface area contributed by atoms with Gasteiger partial charge in [0.25, 0.3) is 0 Å². The molecule has 0 saturated carbocycles. The molecule has 1 aromatic carbocycles. The molecule has 1 aliphatic heterocycles. The Hall–Kier alpha value is -2.99. The van der Waals surface area contributed by atoms with Gasteiger partial charge in [0.05, 0.1) is 6.54 Å². The third-order valence-electron chi connectivity index (χ3n) is 4.93. The van der Waals surface area contributed by atoms with Crippen LogP contribution in [-0.2, 0) is 47.7 Å². The summed E-state index contributed by atoms with van der Waals surface area (Å²) in [7, 11) is 0. The van der Waals surface area contributed by atoms with Crippen molar-refractivity contribution in [3.8, 4) is 0 Å². The van der Waals surface area contributed by atoms with Crippen molar-refractivity contribution in [3.63, 3.8) is 0 Å². The largest absolute Gasteiger partial charge is 0.462 e. The predicted molar refractivity (Wildman–Crippen MR) is 122 cm³/mol. The van der Waals surface area contributed by atoms with Gasteiger partial charge in [-0.2, -0.15) is 0 Å². The Balaban J connectivity index is 2.48. The molecule has 5 atom stereocenters. The summed E-state index contributed by atoms with van der Waals surface area (Å²) in [6, 6.07) is 7.12. The van der Waals surface area contributed by atoms with Crippen LogP contribution in [0.3, 0.4) is 0 Å².